The van der Waals surface area contributed by atoms with Gasteiger partial charge in [-0.1, -0.05) is 23.5 Å². The van der Waals surface area contributed by atoms with E-state index in [0.29, 0.717) is 20.6 Å². The van der Waals surface area contributed by atoms with Crippen molar-refractivity contribution in [2.24, 2.45) is 4.99 Å². The molecule has 0 fully saturated rings. The molecule has 0 spiro atoms. The van der Waals surface area contributed by atoms with Gasteiger partial charge in [0, 0.05) is 25.3 Å². The highest BCUT2D eigenvalue weighted by Gasteiger charge is 2.33. The van der Waals surface area contributed by atoms with E-state index in [2.05, 4.69) is 4.99 Å². The van der Waals surface area contributed by atoms with Crippen LogP contribution in [0.2, 0.25) is 0 Å². The number of ether oxygens (including phenoxy) is 1. The van der Waals surface area contributed by atoms with Gasteiger partial charge in [0.05, 0.1) is 41.0 Å². The average Bonchev–Trinajstić information content (AvgIpc) is 3.35. The Morgan fingerprint density at radius 3 is 2.65 bits per heavy atom. The smallest absolute Gasteiger partial charge is 0.338 e. The van der Waals surface area contributed by atoms with Gasteiger partial charge in [0.25, 0.3) is 5.56 Å². The third-order valence-corrected chi connectivity index (χ3v) is 6.07. The van der Waals surface area contributed by atoms with Crippen LogP contribution in [0.3, 0.4) is 0 Å². The fourth-order valence-electron chi connectivity index (χ4n) is 3.57. The van der Waals surface area contributed by atoms with E-state index < -0.39 is 12.0 Å². The molecule has 0 radical (unpaired) electrons. The molecular weight excluding hydrogens is 414 g/mol. The predicted octanol–water partition coefficient (Wildman–Crippen LogP) is 2.46. The molecule has 0 bridgehead atoms. The van der Waals surface area contributed by atoms with E-state index in [-0.39, 0.29) is 12.2 Å². The van der Waals surface area contributed by atoms with Gasteiger partial charge < -0.3 is 14.1 Å². The minimum Gasteiger partial charge on any atom is -0.472 e. The lowest BCUT2D eigenvalue weighted by atomic mass is 9.95. The second kappa shape index (κ2) is 8.39. The molecule has 7 nitrogen and oxygen atoms in total. The zero-order valence-electron chi connectivity index (χ0n) is 17.8. The lowest BCUT2D eigenvalue weighted by molar-refractivity contribution is -0.139. The highest BCUT2D eigenvalue weighted by atomic mass is 32.1. The van der Waals surface area contributed by atoms with Crippen LogP contribution in [-0.2, 0) is 9.53 Å². The van der Waals surface area contributed by atoms with Crippen LogP contribution in [0.15, 0.2) is 68.3 Å². The summed E-state index contributed by atoms with van der Waals surface area (Å²) >= 11 is 1.29. The summed E-state index contributed by atoms with van der Waals surface area (Å²) in [6, 6.07) is 8.98. The van der Waals surface area contributed by atoms with Crippen molar-refractivity contribution < 1.29 is 13.9 Å². The number of fused-ring (bicyclic) bond motifs is 1. The molecule has 1 unspecified atom stereocenters. The molecule has 0 amide bonds. The summed E-state index contributed by atoms with van der Waals surface area (Å²) in [7, 11) is 3.92. The maximum absolute atomic E-state index is 13.4. The Labute approximate surface area is 183 Å². The molecule has 0 aliphatic carbocycles. The van der Waals surface area contributed by atoms with Crippen molar-refractivity contribution in [1.82, 2.24) is 4.57 Å². The first kappa shape index (κ1) is 20.9. The van der Waals surface area contributed by atoms with Gasteiger partial charge in [-0.15, -0.1) is 0 Å². The van der Waals surface area contributed by atoms with Crippen LogP contribution in [0.5, 0.6) is 0 Å². The third-order valence-electron chi connectivity index (χ3n) is 5.08. The zero-order valence-corrected chi connectivity index (χ0v) is 18.6. The molecule has 0 N–H and O–H groups in total. The van der Waals surface area contributed by atoms with E-state index in [0.717, 1.165) is 16.8 Å². The van der Waals surface area contributed by atoms with Crippen LogP contribution in [0.25, 0.3) is 6.08 Å². The topological polar surface area (TPSA) is 77.0 Å². The quantitative estimate of drug-likeness (QED) is 0.573. The summed E-state index contributed by atoms with van der Waals surface area (Å²) in [5, 5.41) is 0. The lowest BCUT2D eigenvalue weighted by Gasteiger charge is -2.25. The maximum atomic E-state index is 13.4. The largest absolute Gasteiger partial charge is 0.472 e. The minimum atomic E-state index is -0.613. The summed E-state index contributed by atoms with van der Waals surface area (Å²) in [4.78, 5) is 33.4. The van der Waals surface area contributed by atoms with Crippen molar-refractivity contribution in [1.29, 1.82) is 0 Å². The number of carbonyl (C=O) groups excluding carboxylic acids is 1. The maximum Gasteiger partial charge on any atom is 0.338 e. The standard InChI is InChI=1S/C23H23N3O4S/c1-5-30-22(28)19-14(2)24-23-26(20(19)16-6-8-17(9-7-16)25(3)4)21(27)18(31-23)12-15-10-11-29-13-15/h6-13,20H,5H2,1-4H3/b18-12+. The highest BCUT2D eigenvalue weighted by Crippen LogP contribution is 2.31. The van der Waals surface area contributed by atoms with Crippen LogP contribution in [0, 0.1) is 0 Å². The number of allylic oxidation sites excluding steroid dienone is 1. The number of thiazole rings is 1. The number of esters is 1. The Morgan fingerprint density at radius 2 is 2.03 bits per heavy atom. The summed E-state index contributed by atoms with van der Waals surface area (Å²) in [5.41, 5.74) is 3.35. The van der Waals surface area contributed by atoms with E-state index in [9.17, 15) is 9.59 Å². The number of carbonyl (C=O) groups is 1. The predicted molar refractivity (Wildman–Crippen MR) is 120 cm³/mol. The normalized spacial score (nSPS) is 16.1. The molecular formula is C23H23N3O4S. The average molecular weight is 438 g/mol. The van der Waals surface area contributed by atoms with Crippen LogP contribution in [0.1, 0.15) is 31.0 Å². The summed E-state index contributed by atoms with van der Waals surface area (Å²) in [6.07, 6.45) is 4.90. The van der Waals surface area contributed by atoms with Crippen LogP contribution in [0.4, 0.5) is 5.69 Å². The summed E-state index contributed by atoms with van der Waals surface area (Å²) < 4.78 is 12.5. The lowest BCUT2D eigenvalue weighted by Crippen LogP contribution is -2.39. The number of anilines is 1. The summed E-state index contributed by atoms with van der Waals surface area (Å²) in [5.74, 6) is -0.463. The molecule has 0 saturated heterocycles. The van der Waals surface area contributed by atoms with Crippen molar-refractivity contribution in [3.8, 4) is 0 Å². The first-order chi connectivity index (χ1) is 14.9. The molecule has 31 heavy (non-hydrogen) atoms. The van der Waals surface area contributed by atoms with E-state index >= 15 is 0 Å². The van der Waals surface area contributed by atoms with Gasteiger partial charge in [0.1, 0.15) is 0 Å². The van der Waals surface area contributed by atoms with Crippen molar-refractivity contribution in [3.63, 3.8) is 0 Å². The number of benzene rings is 1. The molecule has 8 heteroatoms. The zero-order chi connectivity index (χ0) is 22.1. The second-order valence-electron chi connectivity index (χ2n) is 7.34. The van der Waals surface area contributed by atoms with Crippen molar-refractivity contribution in [3.05, 3.63) is 84.9 Å². The van der Waals surface area contributed by atoms with Gasteiger partial charge in [-0.25, -0.2) is 9.79 Å². The fraction of sp³-hybridized carbons (Fsp3) is 0.261. The van der Waals surface area contributed by atoms with E-state index in [4.69, 9.17) is 9.15 Å². The fourth-order valence-corrected chi connectivity index (χ4v) is 4.62. The van der Waals surface area contributed by atoms with Crippen molar-refractivity contribution in [2.75, 3.05) is 25.6 Å². The molecule has 160 valence electrons. The molecule has 1 aliphatic rings. The van der Waals surface area contributed by atoms with Gasteiger partial charge in [-0.05, 0) is 43.7 Å². The molecule has 1 atom stereocenters. The SMILES string of the molecule is CCOC(=O)C1=C(C)N=c2s/c(=C/c3ccoc3)c(=O)n2C1c1ccc(N(C)C)cc1. The molecule has 1 aliphatic heterocycles. The molecule has 1 aromatic carbocycles. The third kappa shape index (κ3) is 3.86. The number of hydrogen-bond acceptors (Lipinski definition) is 7. The molecule has 0 saturated carbocycles. The van der Waals surface area contributed by atoms with Gasteiger partial charge in [-0.3, -0.25) is 9.36 Å². The Morgan fingerprint density at radius 1 is 1.29 bits per heavy atom. The number of hydrogen-bond donors (Lipinski definition) is 0. The Balaban J connectivity index is 1.94. The summed E-state index contributed by atoms with van der Waals surface area (Å²) in [6.45, 7) is 3.78. The molecule has 4 rings (SSSR count). The van der Waals surface area contributed by atoms with E-state index in [1.165, 1.54) is 11.3 Å². The van der Waals surface area contributed by atoms with E-state index in [1.807, 2.05) is 43.3 Å². The number of nitrogens with zero attached hydrogens (tertiary/aromatic N) is 3. The Hall–Kier alpha value is -3.39. The van der Waals surface area contributed by atoms with Crippen molar-refractivity contribution in [2.45, 2.75) is 19.9 Å². The second-order valence-corrected chi connectivity index (χ2v) is 8.35. The van der Waals surface area contributed by atoms with Crippen molar-refractivity contribution >= 4 is 29.1 Å². The number of aromatic nitrogens is 1. The van der Waals surface area contributed by atoms with E-state index in [1.54, 1.807) is 43.1 Å². The molecule has 2 aromatic heterocycles. The Kier molecular flexibility index (Phi) is 5.65. The van der Waals surface area contributed by atoms with Gasteiger partial charge in [0.15, 0.2) is 4.80 Å². The first-order valence-corrected chi connectivity index (χ1v) is 10.7. The minimum absolute atomic E-state index is 0.207. The number of rotatable bonds is 5. The Bertz CT molecular complexity index is 1310. The monoisotopic (exact) mass is 437 g/mol. The van der Waals surface area contributed by atoms with Gasteiger partial charge in [0.2, 0.25) is 0 Å². The van der Waals surface area contributed by atoms with Crippen LogP contribution < -0.4 is 19.8 Å². The highest BCUT2D eigenvalue weighted by molar-refractivity contribution is 7.07. The van der Waals surface area contributed by atoms with Gasteiger partial charge in [-0.2, -0.15) is 0 Å². The molecule has 3 heterocycles. The van der Waals surface area contributed by atoms with Gasteiger partial charge >= 0.3 is 5.97 Å². The first-order valence-electron chi connectivity index (χ1n) is 9.90. The van der Waals surface area contributed by atoms with Crippen LogP contribution in [-0.4, -0.2) is 31.2 Å². The van der Waals surface area contributed by atoms with Crippen LogP contribution >= 0.6 is 11.3 Å². The number of furan rings is 1. The molecule has 3 aromatic rings.